The van der Waals surface area contributed by atoms with E-state index in [0.717, 1.165) is 17.6 Å². The second-order valence-electron chi connectivity index (χ2n) is 3.48. The zero-order chi connectivity index (χ0) is 11.0. The van der Waals surface area contributed by atoms with E-state index in [1.54, 1.807) is 15.8 Å². The fraction of sp³-hybridized carbons (Fsp3) is 0.444. The molecule has 2 aromatic rings. The van der Waals surface area contributed by atoms with E-state index >= 15 is 0 Å². The lowest BCUT2D eigenvalue weighted by molar-refractivity contribution is 0.675. The maximum Gasteiger partial charge on any atom is 0.348 e. The summed E-state index contributed by atoms with van der Waals surface area (Å²) in [4.78, 5) is 19.7. The van der Waals surface area contributed by atoms with Gasteiger partial charge in [0.2, 0.25) is 0 Å². The van der Waals surface area contributed by atoms with Gasteiger partial charge < -0.3 is 4.90 Å². The molecule has 0 unspecified atom stereocenters. The molecule has 2 aromatic heterocycles. The first-order chi connectivity index (χ1) is 7.13. The van der Waals surface area contributed by atoms with E-state index in [0.29, 0.717) is 5.82 Å². The molecule has 1 N–H and O–H groups in total. The third-order valence-electron chi connectivity index (χ3n) is 2.24. The van der Waals surface area contributed by atoms with Gasteiger partial charge in [-0.05, 0) is 6.92 Å². The highest BCUT2D eigenvalue weighted by Gasteiger charge is 2.10. The summed E-state index contributed by atoms with van der Waals surface area (Å²) in [6, 6.07) is 0. The number of aromatic amines is 1. The van der Waals surface area contributed by atoms with E-state index in [9.17, 15) is 4.79 Å². The number of H-pyrrole nitrogens is 1. The van der Waals surface area contributed by atoms with Gasteiger partial charge in [-0.15, -0.1) is 0 Å². The lowest BCUT2D eigenvalue weighted by Crippen LogP contribution is -2.19. The number of hydrogen-bond acceptors (Lipinski definition) is 4. The highest BCUT2D eigenvalue weighted by Crippen LogP contribution is 2.18. The molecule has 0 atom stereocenters. The van der Waals surface area contributed by atoms with Crippen molar-refractivity contribution in [1.82, 2.24) is 19.7 Å². The molecular formula is C9H13N5O. The van der Waals surface area contributed by atoms with Gasteiger partial charge in [0, 0.05) is 20.6 Å². The van der Waals surface area contributed by atoms with E-state index in [-0.39, 0.29) is 5.69 Å². The van der Waals surface area contributed by atoms with Crippen LogP contribution >= 0.6 is 0 Å². The van der Waals surface area contributed by atoms with Crippen LogP contribution in [0.25, 0.3) is 11.0 Å². The van der Waals surface area contributed by atoms with Crippen LogP contribution in [-0.4, -0.2) is 33.8 Å². The van der Waals surface area contributed by atoms with Crippen molar-refractivity contribution in [1.29, 1.82) is 0 Å². The Balaban J connectivity index is 2.82. The molecule has 2 rings (SSSR count). The number of nitrogens with zero attached hydrogens (tertiary/aromatic N) is 4. The monoisotopic (exact) mass is 207 g/mol. The number of hydrogen-bond donors (Lipinski definition) is 1. The molecule has 0 radical (unpaired) electrons. The van der Waals surface area contributed by atoms with E-state index in [1.165, 1.54) is 0 Å². The molecule has 0 aliphatic heterocycles. The number of aromatic nitrogens is 4. The van der Waals surface area contributed by atoms with Gasteiger partial charge in [0.25, 0.3) is 0 Å². The standard InChI is InChI=1S/C9H13N5O/c1-4-14-8-6(5-10-14)7(13(2)3)11-9(15)12-8/h5H,4H2,1-3H3,(H,11,12,15). The number of anilines is 1. The van der Waals surface area contributed by atoms with Crippen molar-refractivity contribution < 1.29 is 0 Å². The zero-order valence-electron chi connectivity index (χ0n) is 8.98. The van der Waals surface area contributed by atoms with Crippen molar-refractivity contribution in [3.8, 4) is 0 Å². The molecule has 0 aliphatic rings. The number of nitrogens with one attached hydrogen (secondary N) is 1. The molecule has 80 valence electrons. The minimum Gasteiger partial charge on any atom is -0.362 e. The smallest absolute Gasteiger partial charge is 0.348 e. The molecule has 0 spiro atoms. The summed E-state index contributed by atoms with van der Waals surface area (Å²) in [5.41, 5.74) is 0.377. The Bertz CT molecular complexity index is 539. The first-order valence-corrected chi connectivity index (χ1v) is 4.76. The summed E-state index contributed by atoms with van der Waals surface area (Å²) in [7, 11) is 3.70. The first kappa shape index (κ1) is 9.70. The highest BCUT2D eigenvalue weighted by molar-refractivity contribution is 5.86. The molecule has 15 heavy (non-hydrogen) atoms. The predicted octanol–water partition coefficient (Wildman–Crippen LogP) is 0.205. The lowest BCUT2D eigenvalue weighted by Gasteiger charge is -2.11. The van der Waals surface area contributed by atoms with Crippen LogP contribution in [0.15, 0.2) is 11.0 Å². The molecule has 0 bridgehead atoms. The Labute approximate surface area is 86.5 Å². The molecule has 0 fully saturated rings. The average molecular weight is 207 g/mol. The third kappa shape index (κ3) is 1.47. The van der Waals surface area contributed by atoms with Gasteiger partial charge >= 0.3 is 5.69 Å². The van der Waals surface area contributed by atoms with Gasteiger partial charge in [-0.25, -0.2) is 9.48 Å². The van der Waals surface area contributed by atoms with E-state index < -0.39 is 0 Å². The van der Waals surface area contributed by atoms with Crippen LogP contribution < -0.4 is 10.6 Å². The van der Waals surface area contributed by atoms with Gasteiger partial charge in [0.1, 0.15) is 11.5 Å². The Kier molecular flexibility index (Phi) is 2.18. The van der Waals surface area contributed by atoms with Crippen LogP contribution in [0, 0.1) is 0 Å². The highest BCUT2D eigenvalue weighted by atomic mass is 16.1. The maximum absolute atomic E-state index is 11.3. The van der Waals surface area contributed by atoms with Crippen molar-refractivity contribution in [3.05, 3.63) is 16.7 Å². The fourth-order valence-electron chi connectivity index (χ4n) is 1.55. The summed E-state index contributed by atoms with van der Waals surface area (Å²) in [6.07, 6.45) is 1.72. The summed E-state index contributed by atoms with van der Waals surface area (Å²) < 4.78 is 1.74. The first-order valence-electron chi connectivity index (χ1n) is 4.76. The Morgan fingerprint density at radius 2 is 2.27 bits per heavy atom. The Morgan fingerprint density at radius 3 is 2.87 bits per heavy atom. The summed E-state index contributed by atoms with van der Waals surface area (Å²) in [5, 5.41) is 5.04. The van der Waals surface area contributed by atoms with Crippen LogP contribution in [-0.2, 0) is 6.54 Å². The van der Waals surface area contributed by atoms with Crippen LogP contribution in [0.4, 0.5) is 5.82 Å². The molecule has 6 nitrogen and oxygen atoms in total. The molecule has 0 aliphatic carbocycles. The van der Waals surface area contributed by atoms with Gasteiger partial charge in [-0.3, -0.25) is 4.98 Å². The number of fused-ring (bicyclic) bond motifs is 1. The van der Waals surface area contributed by atoms with Crippen LogP contribution in [0.3, 0.4) is 0 Å². The van der Waals surface area contributed by atoms with Gasteiger partial charge in [-0.1, -0.05) is 0 Å². The molecule has 6 heteroatoms. The normalized spacial score (nSPS) is 10.9. The number of aryl methyl sites for hydroxylation is 1. The number of rotatable bonds is 2. The lowest BCUT2D eigenvalue weighted by atomic mass is 10.4. The second-order valence-corrected chi connectivity index (χ2v) is 3.48. The zero-order valence-corrected chi connectivity index (χ0v) is 8.98. The van der Waals surface area contributed by atoms with E-state index in [4.69, 9.17) is 0 Å². The minimum absolute atomic E-state index is 0.346. The molecule has 0 saturated heterocycles. The van der Waals surface area contributed by atoms with Crippen molar-refractivity contribution in [2.75, 3.05) is 19.0 Å². The molecular weight excluding hydrogens is 194 g/mol. The predicted molar refractivity (Wildman–Crippen MR) is 58.1 cm³/mol. The summed E-state index contributed by atoms with van der Waals surface area (Å²) in [6.45, 7) is 2.69. The maximum atomic E-state index is 11.3. The van der Waals surface area contributed by atoms with Gasteiger partial charge in [0.15, 0.2) is 0 Å². The minimum atomic E-state index is -0.346. The van der Waals surface area contributed by atoms with Crippen LogP contribution in [0.5, 0.6) is 0 Å². The van der Waals surface area contributed by atoms with E-state index in [2.05, 4.69) is 15.1 Å². The van der Waals surface area contributed by atoms with Crippen LogP contribution in [0.1, 0.15) is 6.92 Å². The van der Waals surface area contributed by atoms with Gasteiger partial charge in [-0.2, -0.15) is 10.1 Å². The summed E-state index contributed by atoms with van der Waals surface area (Å²) >= 11 is 0. The van der Waals surface area contributed by atoms with Crippen molar-refractivity contribution in [3.63, 3.8) is 0 Å². The topological polar surface area (TPSA) is 66.8 Å². The SMILES string of the molecule is CCn1ncc2c(N(C)C)nc(=O)[nH]c21. The molecule has 0 aromatic carbocycles. The fourth-order valence-corrected chi connectivity index (χ4v) is 1.55. The van der Waals surface area contributed by atoms with Crippen LogP contribution in [0.2, 0.25) is 0 Å². The Morgan fingerprint density at radius 1 is 1.53 bits per heavy atom. The Hall–Kier alpha value is -1.85. The van der Waals surface area contributed by atoms with E-state index in [1.807, 2.05) is 21.0 Å². The van der Waals surface area contributed by atoms with Gasteiger partial charge in [0.05, 0.1) is 11.6 Å². The molecule has 0 amide bonds. The molecule has 2 heterocycles. The van der Waals surface area contributed by atoms with Crippen molar-refractivity contribution in [2.45, 2.75) is 13.5 Å². The largest absolute Gasteiger partial charge is 0.362 e. The third-order valence-corrected chi connectivity index (χ3v) is 2.24. The molecule has 0 saturated carbocycles. The quantitative estimate of drug-likeness (QED) is 0.764. The average Bonchev–Trinajstić information content (AvgIpc) is 2.58. The summed E-state index contributed by atoms with van der Waals surface area (Å²) in [5.74, 6) is 0.647. The van der Waals surface area contributed by atoms with Crippen molar-refractivity contribution >= 4 is 16.9 Å². The van der Waals surface area contributed by atoms with Crippen molar-refractivity contribution in [2.24, 2.45) is 0 Å². The second kappa shape index (κ2) is 3.38.